The molecule has 3 nitrogen and oxygen atoms in total. The summed E-state index contributed by atoms with van der Waals surface area (Å²) in [5.41, 5.74) is -0.154. The Kier molecular flexibility index (Phi) is 8.07. The lowest BCUT2D eigenvalue weighted by Gasteiger charge is -2.17. The van der Waals surface area contributed by atoms with E-state index in [4.69, 9.17) is 0 Å². The predicted molar refractivity (Wildman–Crippen MR) is 84.6 cm³/mol. The smallest absolute Gasteiger partial charge is 0.220 e. The second kappa shape index (κ2) is 8.43. The largest absolute Gasteiger partial charge is 0.356 e. The van der Waals surface area contributed by atoms with Crippen LogP contribution in [0.5, 0.6) is 0 Å². The van der Waals surface area contributed by atoms with Crippen LogP contribution in [0.15, 0.2) is 0 Å². The number of carbonyl (C=O) groups is 2. The van der Waals surface area contributed by atoms with Crippen LogP contribution < -0.4 is 5.32 Å². The molecule has 1 amide bonds. The Balaban J connectivity index is 3.51. The van der Waals surface area contributed by atoms with Gasteiger partial charge in [-0.25, -0.2) is 0 Å². The number of carbonyl (C=O) groups excluding carboxylic acids is 2. The molecule has 0 aliphatic rings. The van der Waals surface area contributed by atoms with Gasteiger partial charge in [-0.15, -0.1) is 0 Å². The van der Waals surface area contributed by atoms with Crippen molar-refractivity contribution in [2.75, 3.05) is 6.54 Å². The van der Waals surface area contributed by atoms with Gasteiger partial charge in [-0.3, -0.25) is 9.59 Å². The molecular formula is C17H33NO2. The highest BCUT2D eigenvalue weighted by atomic mass is 16.1. The maximum absolute atomic E-state index is 11.7. The Bertz CT molecular complexity index is 308. The summed E-state index contributed by atoms with van der Waals surface area (Å²) in [6.45, 7) is 12.9. The molecule has 0 saturated carbocycles. The van der Waals surface area contributed by atoms with Gasteiger partial charge in [0.2, 0.25) is 5.91 Å². The lowest BCUT2D eigenvalue weighted by atomic mass is 9.88. The van der Waals surface area contributed by atoms with E-state index in [0.717, 1.165) is 32.2 Å². The zero-order valence-electron chi connectivity index (χ0n) is 14.3. The molecule has 0 bridgehead atoms. The summed E-state index contributed by atoms with van der Waals surface area (Å²) in [6, 6.07) is 0. The standard InChI is InChI=1S/C17H33NO2/c1-16(2,3)13-15(20)18-12-10-8-7-9-11-14(19)17(4,5)6/h7-13H2,1-6H3,(H,18,20). The predicted octanol–water partition coefficient (Wildman–Crippen LogP) is 4.10. The van der Waals surface area contributed by atoms with Crippen LogP contribution in [-0.2, 0) is 9.59 Å². The Morgan fingerprint density at radius 3 is 1.90 bits per heavy atom. The second-order valence-electron chi connectivity index (χ2n) is 7.92. The molecule has 1 N–H and O–H groups in total. The number of Topliss-reactive ketones (excluding diaryl/α,β-unsaturated/α-hetero) is 1. The van der Waals surface area contributed by atoms with Crippen molar-refractivity contribution in [2.24, 2.45) is 10.8 Å². The van der Waals surface area contributed by atoms with Crippen molar-refractivity contribution in [3.63, 3.8) is 0 Å². The summed E-state index contributed by atoms with van der Waals surface area (Å²) in [7, 11) is 0. The van der Waals surface area contributed by atoms with Gasteiger partial charge in [0.25, 0.3) is 0 Å². The fourth-order valence-corrected chi connectivity index (χ4v) is 1.91. The maximum Gasteiger partial charge on any atom is 0.220 e. The molecule has 0 aromatic carbocycles. The molecular weight excluding hydrogens is 250 g/mol. The van der Waals surface area contributed by atoms with Crippen LogP contribution in [-0.4, -0.2) is 18.2 Å². The van der Waals surface area contributed by atoms with Gasteiger partial charge in [0.15, 0.2) is 0 Å². The van der Waals surface area contributed by atoms with Gasteiger partial charge in [0.1, 0.15) is 5.78 Å². The van der Waals surface area contributed by atoms with Crippen molar-refractivity contribution in [3.05, 3.63) is 0 Å². The first kappa shape index (κ1) is 19.1. The molecule has 0 spiro atoms. The van der Waals surface area contributed by atoms with Crippen LogP contribution in [0.2, 0.25) is 0 Å². The number of hydrogen-bond acceptors (Lipinski definition) is 2. The first-order chi connectivity index (χ1) is 9.02. The highest BCUT2D eigenvalue weighted by Crippen LogP contribution is 2.19. The third kappa shape index (κ3) is 11.0. The van der Waals surface area contributed by atoms with Gasteiger partial charge in [-0.2, -0.15) is 0 Å². The third-order valence-electron chi connectivity index (χ3n) is 3.18. The molecule has 0 aliphatic carbocycles. The van der Waals surface area contributed by atoms with Crippen LogP contribution in [0.1, 0.15) is 80.1 Å². The number of unbranched alkanes of at least 4 members (excludes halogenated alkanes) is 3. The van der Waals surface area contributed by atoms with Crippen LogP contribution in [0.4, 0.5) is 0 Å². The van der Waals surface area contributed by atoms with Gasteiger partial charge < -0.3 is 5.32 Å². The summed E-state index contributed by atoms with van der Waals surface area (Å²) in [6.07, 6.45) is 5.36. The van der Waals surface area contributed by atoms with Crippen molar-refractivity contribution in [3.8, 4) is 0 Å². The van der Waals surface area contributed by atoms with Crippen LogP contribution >= 0.6 is 0 Å². The van der Waals surface area contributed by atoms with E-state index in [2.05, 4.69) is 26.1 Å². The normalized spacial score (nSPS) is 12.3. The minimum atomic E-state index is -0.207. The van der Waals surface area contributed by atoms with E-state index >= 15 is 0 Å². The zero-order valence-corrected chi connectivity index (χ0v) is 14.3. The number of nitrogens with one attached hydrogen (secondary N) is 1. The molecule has 0 saturated heterocycles. The Morgan fingerprint density at radius 2 is 1.40 bits per heavy atom. The Labute approximate surface area is 124 Å². The molecule has 20 heavy (non-hydrogen) atoms. The van der Waals surface area contributed by atoms with E-state index < -0.39 is 0 Å². The topological polar surface area (TPSA) is 46.2 Å². The summed E-state index contributed by atoms with van der Waals surface area (Å²) >= 11 is 0. The van der Waals surface area contributed by atoms with Gasteiger partial charge in [0.05, 0.1) is 0 Å². The number of hydrogen-bond donors (Lipinski definition) is 1. The van der Waals surface area contributed by atoms with Crippen molar-refractivity contribution in [1.29, 1.82) is 0 Å². The summed E-state index contributed by atoms with van der Waals surface area (Å²) in [5.74, 6) is 0.483. The van der Waals surface area contributed by atoms with E-state index in [1.807, 2.05) is 20.8 Å². The van der Waals surface area contributed by atoms with Gasteiger partial charge in [-0.05, 0) is 18.3 Å². The highest BCUT2D eigenvalue weighted by molar-refractivity contribution is 5.83. The molecule has 0 unspecified atom stereocenters. The zero-order chi connectivity index (χ0) is 15.8. The molecule has 0 aromatic heterocycles. The van der Waals surface area contributed by atoms with Crippen LogP contribution in [0, 0.1) is 10.8 Å². The molecule has 0 atom stereocenters. The van der Waals surface area contributed by atoms with Gasteiger partial charge in [0, 0.05) is 24.8 Å². The van der Waals surface area contributed by atoms with Crippen LogP contribution in [0.25, 0.3) is 0 Å². The van der Waals surface area contributed by atoms with Crippen molar-refractivity contribution in [2.45, 2.75) is 80.1 Å². The highest BCUT2D eigenvalue weighted by Gasteiger charge is 2.19. The Morgan fingerprint density at radius 1 is 0.850 bits per heavy atom. The van der Waals surface area contributed by atoms with E-state index in [-0.39, 0.29) is 16.7 Å². The fourth-order valence-electron chi connectivity index (χ4n) is 1.91. The summed E-state index contributed by atoms with van der Waals surface area (Å²) in [5, 5.41) is 2.96. The second-order valence-corrected chi connectivity index (χ2v) is 7.92. The molecule has 118 valence electrons. The number of ketones is 1. The van der Waals surface area contributed by atoms with Gasteiger partial charge >= 0.3 is 0 Å². The first-order valence-electron chi connectivity index (χ1n) is 7.82. The minimum absolute atomic E-state index is 0.0530. The monoisotopic (exact) mass is 283 g/mol. The lowest BCUT2D eigenvalue weighted by molar-refractivity contribution is -0.126. The van der Waals surface area contributed by atoms with Crippen molar-refractivity contribution in [1.82, 2.24) is 5.32 Å². The minimum Gasteiger partial charge on any atom is -0.356 e. The summed E-state index contributed by atoms with van der Waals surface area (Å²) in [4.78, 5) is 23.3. The van der Waals surface area contributed by atoms with E-state index in [9.17, 15) is 9.59 Å². The lowest BCUT2D eigenvalue weighted by Crippen LogP contribution is -2.28. The van der Waals surface area contributed by atoms with Crippen molar-refractivity contribution < 1.29 is 9.59 Å². The quantitative estimate of drug-likeness (QED) is 0.682. The van der Waals surface area contributed by atoms with E-state index in [1.54, 1.807) is 0 Å². The average molecular weight is 283 g/mol. The average Bonchev–Trinajstić information content (AvgIpc) is 2.23. The molecule has 0 radical (unpaired) electrons. The molecule has 0 heterocycles. The van der Waals surface area contributed by atoms with Crippen molar-refractivity contribution >= 4 is 11.7 Å². The van der Waals surface area contributed by atoms with E-state index in [0.29, 0.717) is 18.6 Å². The third-order valence-corrected chi connectivity index (χ3v) is 3.18. The number of amides is 1. The molecule has 3 heteroatoms. The SMILES string of the molecule is CC(C)(C)CC(=O)NCCCCCCC(=O)C(C)(C)C. The molecule has 0 rings (SSSR count). The maximum atomic E-state index is 11.7. The van der Waals surface area contributed by atoms with Crippen LogP contribution in [0.3, 0.4) is 0 Å². The first-order valence-corrected chi connectivity index (χ1v) is 7.82. The fraction of sp³-hybridized carbons (Fsp3) is 0.882. The van der Waals surface area contributed by atoms with E-state index in [1.165, 1.54) is 0 Å². The molecule has 0 fully saturated rings. The number of rotatable bonds is 8. The summed E-state index contributed by atoms with van der Waals surface area (Å²) < 4.78 is 0. The molecule has 0 aromatic rings. The molecule has 0 aliphatic heterocycles. The van der Waals surface area contributed by atoms with Gasteiger partial charge in [-0.1, -0.05) is 54.4 Å². The Hall–Kier alpha value is -0.860.